The molecular formula is C22H28BrN3O4S. The van der Waals surface area contributed by atoms with Gasteiger partial charge in [0.15, 0.2) is 0 Å². The number of amides is 2. The van der Waals surface area contributed by atoms with Gasteiger partial charge in [-0.25, -0.2) is 8.42 Å². The van der Waals surface area contributed by atoms with E-state index in [9.17, 15) is 18.0 Å². The Morgan fingerprint density at radius 3 is 2.35 bits per heavy atom. The molecule has 2 aromatic rings. The van der Waals surface area contributed by atoms with Crippen LogP contribution in [0.15, 0.2) is 53.0 Å². The van der Waals surface area contributed by atoms with Crippen molar-refractivity contribution in [2.24, 2.45) is 0 Å². The van der Waals surface area contributed by atoms with Gasteiger partial charge in [0.1, 0.15) is 12.6 Å². The van der Waals surface area contributed by atoms with E-state index in [0.717, 1.165) is 21.7 Å². The minimum absolute atomic E-state index is 0.194. The number of halogens is 1. The molecule has 2 aromatic carbocycles. The second kappa shape index (κ2) is 10.8. The Labute approximate surface area is 192 Å². The average molecular weight is 510 g/mol. The minimum atomic E-state index is -3.75. The first-order valence-corrected chi connectivity index (χ1v) is 12.5. The van der Waals surface area contributed by atoms with Crippen LogP contribution < -0.4 is 9.62 Å². The van der Waals surface area contributed by atoms with Crippen molar-refractivity contribution in [3.8, 4) is 0 Å². The predicted octanol–water partition coefficient (Wildman–Crippen LogP) is 3.08. The molecule has 0 saturated carbocycles. The maximum absolute atomic E-state index is 13.4. The van der Waals surface area contributed by atoms with Crippen LogP contribution in [0.3, 0.4) is 0 Å². The molecule has 168 valence electrons. The van der Waals surface area contributed by atoms with Crippen molar-refractivity contribution >= 4 is 43.5 Å². The summed E-state index contributed by atoms with van der Waals surface area (Å²) in [6, 6.07) is 13.7. The van der Waals surface area contributed by atoms with E-state index in [-0.39, 0.29) is 12.5 Å². The Morgan fingerprint density at radius 2 is 1.81 bits per heavy atom. The fourth-order valence-corrected chi connectivity index (χ4v) is 4.82. The lowest BCUT2D eigenvalue weighted by Crippen LogP contribution is -2.51. The number of likely N-dealkylation sites (N-methyl/N-ethyl adjacent to an activating group) is 1. The van der Waals surface area contributed by atoms with Crippen molar-refractivity contribution in [1.82, 2.24) is 10.2 Å². The van der Waals surface area contributed by atoms with Crippen LogP contribution in [0.4, 0.5) is 5.69 Å². The molecule has 7 nitrogen and oxygen atoms in total. The van der Waals surface area contributed by atoms with E-state index in [1.165, 1.54) is 11.9 Å². The quantitative estimate of drug-likeness (QED) is 0.562. The first kappa shape index (κ1) is 24.9. The van der Waals surface area contributed by atoms with Crippen molar-refractivity contribution in [2.45, 2.75) is 32.9 Å². The monoisotopic (exact) mass is 509 g/mol. The molecule has 2 rings (SSSR count). The Kier molecular flexibility index (Phi) is 8.64. The minimum Gasteiger partial charge on any atom is -0.357 e. The first-order chi connectivity index (χ1) is 14.6. The molecule has 0 aliphatic carbocycles. The largest absolute Gasteiger partial charge is 0.357 e. The zero-order valence-corrected chi connectivity index (χ0v) is 20.5. The number of nitrogens with zero attached hydrogens (tertiary/aromatic N) is 2. The van der Waals surface area contributed by atoms with Crippen molar-refractivity contribution in [1.29, 1.82) is 0 Å². The zero-order valence-electron chi connectivity index (χ0n) is 18.1. The molecule has 0 aliphatic rings. The highest BCUT2D eigenvalue weighted by atomic mass is 79.9. The van der Waals surface area contributed by atoms with Gasteiger partial charge in [0.25, 0.3) is 0 Å². The van der Waals surface area contributed by atoms with E-state index in [1.54, 1.807) is 24.3 Å². The summed E-state index contributed by atoms with van der Waals surface area (Å²) in [5.41, 5.74) is 2.26. The smallest absolute Gasteiger partial charge is 0.244 e. The zero-order chi connectivity index (χ0) is 23.2. The normalized spacial score (nSPS) is 12.2. The van der Waals surface area contributed by atoms with E-state index in [4.69, 9.17) is 0 Å². The first-order valence-electron chi connectivity index (χ1n) is 9.87. The summed E-state index contributed by atoms with van der Waals surface area (Å²) in [5, 5.41) is 2.60. The molecule has 0 heterocycles. The number of sulfonamides is 1. The summed E-state index contributed by atoms with van der Waals surface area (Å²) >= 11 is 3.36. The average Bonchev–Trinajstić information content (AvgIpc) is 2.71. The highest BCUT2D eigenvalue weighted by Crippen LogP contribution is 2.28. The number of carbonyl (C=O) groups is 2. The third kappa shape index (κ3) is 6.54. The maximum atomic E-state index is 13.4. The van der Waals surface area contributed by atoms with Gasteiger partial charge in [-0.15, -0.1) is 0 Å². The summed E-state index contributed by atoms with van der Waals surface area (Å²) in [7, 11) is -2.23. The maximum Gasteiger partial charge on any atom is 0.244 e. The van der Waals surface area contributed by atoms with E-state index >= 15 is 0 Å². The molecule has 31 heavy (non-hydrogen) atoms. The molecule has 9 heteroatoms. The van der Waals surface area contributed by atoms with Gasteiger partial charge < -0.3 is 10.2 Å². The van der Waals surface area contributed by atoms with E-state index in [1.807, 2.05) is 38.1 Å². The number of carbonyl (C=O) groups excluding carboxylic acids is 2. The number of hydrogen-bond acceptors (Lipinski definition) is 4. The SMILES string of the molecule is CC[C@H](C(=O)NC)N(Cc1cccc(C)c1)C(=O)CN(c1ccccc1Br)S(C)(=O)=O. The Hall–Kier alpha value is -2.39. The number of rotatable bonds is 9. The summed E-state index contributed by atoms with van der Waals surface area (Å²) in [6.07, 6.45) is 1.45. The Balaban J connectivity index is 2.44. The topological polar surface area (TPSA) is 86.8 Å². The van der Waals surface area contributed by atoms with Crippen molar-refractivity contribution in [3.63, 3.8) is 0 Å². The molecule has 0 saturated heterocycles. The van der Waals surface area contributed by atoms with Gasteiger partial charge >= 0.3 is 0 Å². The van der Waals surface area contributed by atoms with Gasteiger partial charge in [-0.1, -0.05) is 48.9 Å². The van der Waals surface area contributed by atoms with Crippen LogP contribution in [0.25, 0.3) is 0 Å². The van der Waals surface area contributed by atoms with Crippen LogP contribution in [0.5, 0.6) is 0 Å². The highest BCUT2D eigenvalue weighted by Gasteiger charge is 2.31. The highest BCUT2D eigenvalue weighted by molar-refractivity contribution is 9.10. The van der Waals surface area contributed by atoms with Crippen LogP contribution in [0.1, 0.15) is 24.5 Å². The molecule has 0 fully saturated rings. The van der Waals surface area contributed by atoms with E-state index < -0.39 is 28.5 Å². The summed E-state index contributed by atoms with van der Waals surface area (Å²) in [5.74, 6) is -0.756. The Morgan fingerprint density at radius 1 is 1.13 bits per heavy atom. The second-order valence-electron chi connectivity index (χ2n) is 7.27. The summed E-state index contributed by atoms with van der Waals surface area (Å²) < 4.78 is 26.7. The van der Waals surface area contributed by atoms with Crippen LogP contribution in [0.2, 0.25) is 0 Å². The lowest BCUT2D eigenvalue weighted by Gasteiger charge is -2.32. The number of aryl methyl sites for hydroxylation is 1. The Bertz CT molecular complexity index is 1040. The molecule has 0 aromatic heterocycles. The molecule has 0 aliphatic heterocycles. The molecule has 1 atom stereocenters. The van der Waals surface area contributed by atoms with Gasteiger partial charge in [-0.3, -0.25) is 13.9 Å². The van der Waals surface area contributed by atoms with Crippen molar-refractivity contribution in [3.05, 3.63) is 64.1 Å². The van der Waals surface area contributed by atoms with Gasteiger partial charge in [0.05, 0.1) is 11.9 Å². The fraction of sp³-hybridized carbons (Fsp3) is 0.364. The van der Waals surface area contributed by atoms with Gasteiger partial charge in [-0.2, -0.15) is 0 Å². The third-order valence-electron chi connectivity index (χ3n) is 4.87. The molecule has 0 unspecified atom stereocenters. The lowest BCUT2D eigenvalue weighted by atomic mass is 10.1. The number of anilines is 1. The molecule has 0 bridgehead atoms. The third-order valence-corrected chi connectivity index (χ3v) is 6.67. The number of para-hydroxylation sites is 1. The lowest BCUT2D eigenvalue weighted by molar-refractivity contribution is -0.140. The standard InChI is InChI=1S/C22H28BrN3O4S/c1-5-19(22(28)24-3)25(14-17-10-8-9-16(2)13-17)21(27)15-26(31(4,29)30)20-12-7-6-11-18(20)23/h6-13,19H,5,14-15H2,1-4H3,(H,24,28)/t19-/m1/s1. The number of benzene rings is 2. The molecular weight excluding hydrogens is 482 g/mol. The fourth-order valence-electron chi connectivity index (χ4n) is 3.34. The summed E-state index contributed by atoms with van der Waals surface area (Å²) in [6.45, 7) is 3.54. The molecule has 0 spiro atoms. The van der Waals surface area contributed by atoms with Crippen molar-refractivity contribution in [2.75, 3.05) is 24.2 Å². The molecule has 0 radical (unpaired) electrons. The predicted molar refractivity (Wildman–Crippen MR) is 126 cm³/mol. The van der Waals surface area contributed by atoms with Crippen molar-refractivity contribution < 1.29 is 18.0 Å². The number of hydrogen-bond donors (Lipinski definition) is 1. The van der Waals surface area contributed by atoms with Gasteiger partial charge in [-0.05, 0) is 47.0 Å². The molecule has 1 N–H and O–H groups in total. The van der Waals surface area contributed by atoms with Crippen LogP contribution in [-0.2, 0) is 26.2 Å². The molecule has 2 amide bonds. The number of nitrogens with one attached hydrogen (secondary N) is 1. The van der Waals surface area contributed by atoms with Crippen LogP contribution >= 0.6 is 15.9 Å². The summed E-state index contributed by atoms with van der Waals surface area (Å²) in [4.78, 5) is 27.4. The van der Waals surface area contributed by atoms with Gasteiger partial charge in [0.2, 0.25) is 21.8 Å². The second-order valence-corrected chi connectivity index (χ2v) is 10.0. The van der Waals surface area contributed by atoms with E-state index in [2.05, 4.69) is 21.2 Å². The van der Waals surface area contributed by atoms with Gasteiger partial charge in [0, 0.05) is 18.1 Å². The van der Waals surface area contributed by atoms with Crippen LogP contribution in [0, 0.1) is 6.92 Å². The van der Waals surface area contributed by atoms with Crippen LogP contribution in [-0.4, -0.2) is 51.0 Å². The van der Waals surface area contributed by atoms with E-state index in [0.29, 0.717) is 16.6 Å².